The van der Waals surface area contributed by atoms with Gasteiger partial charge in [0.2, 0.25) is 0 Å². The Morgan fingerprint density at radius 1 is 1.03 bits per heavy atom. The van der Waals surface area contributed by atoms with Gasteiger partial charge < -0.3 is 9.72 Å². The van der Waals surface area contributed by atoms with Crippen LogP contribution in [0, 0.1) is 17.5 Å². The largest absolute Gasteiger partial charge is 0.494 e. The molecule has 3 aromatic rings. The molecule has 0 aliphatic heterocycles. The molecule has 1 aromatic heterocycles. The fraction of sp³-hybridized carbons (Fsp3) is 0.111. The molecule has 0 saturated heterocycles. The van der Waals surface area contributed by atoms with E-state index in [0.717, 1.165) is 12.3 Å². The highest BCUT2D eigenvalue weighted by Crippen LogP contribution is 2.35. The van der Waals surface area contributed by atoms with Crippen molar-refractivity contribution in [1.82, 2.24) is 4.98 Å². The van der Waals surface area contributed by atoms with E-state index in [1.807, 2.05) is 0 Å². The second kappa shape index (κ2) is 7.59. The molecule has 1 heterocycles. The summed E-state index contributed by atoms with van der Waals surface area (Å²) in [6, 6.07) is 5.11. The zero-order chi connectivity index (χ0) is 22.3. The second-order valence-corrected chi connectivity index (χ2v) is 7.67. The third-order valence-electron chi connectivity index (χ3n) is 4.05. The standard InChI is InChI=1S/C18H12F6N2O3S/c1-29-16-4-2-3-10(17(16)21)14-5-9(8-25-14)30(27,28)26-15-7-12(19)11(6-13(15)20)18(22,23)24/h2-8,25-26H,1H3. The number of rotatable bonds is 5. The van der Waals surface area contributed by atoms with Gasteiger partial charge in [-0.1, -0.05) is 6.07 Å². The van der Waals surface area contributed by atoms with Gasteiger partial charge in [0.25, 0.3) is 10.0 Å². The fourth-order valence-corrected chi connectivity index (χ4v) is 3.66. The maximum absolute atomic E-state index is 14.3. The zero-order valence-electron chi connectivity index (χ0n) is 14.9. The van der Waals surface area contributed by atoms with Crippen LogP contribution in [0.15, 0.2) is 47.5 Å². The van der Waals surface area contributed by atoms with Crippen molar-refractivity contribution >= 4 is 15.7 Å². The van der Waals surface area contributed by atoms with E-state index in [0.29, 0.717) is 0 Å². The summed E-state index contributed by atoms with van der Waals surface area (Å²) in [6.07, 6.45) is -4.20. The first kappa shape index (κ1) is 21.6. The molecule has 0 spiro atoms. The lowest BCUT2D eigenvalue weighted by Crippen LogP contribution is -2.15. The van der Waals surface area contributed by atoms with E-state index in [-0.39, 0.29) is 29.1 Å². The van der Waals surface area contributed by atoms with Crippen LogP contribution in [0.3, 0.4) is 0 Å². The Morgan fingerprint density at radius 2 is 1.73 bits per heavy atom. The number of H-pyrrole nitrogens is 1. The van der Waals surface area contributed by atoms with E-state index in [1.165, 1.54) is 25.3 Å². The van der Waals surface area contributed by atoms with E-state index in [4.69, 9.17) is 4.74 Å². The summed E-state index contributed by atoms with van der Waals surface area (Å²) >= 11 is 0. The van der Waals surface area contributed by atoms with Crippen molar-refractivity contribution in [2.24, 2.45) is 0 Å². The van der Waals surface area contributed by atoms with Crippen LogP contribution in [0.2, 0.25) is 0 Å². The van der Waals surface area contributed by atoms with Crippen LogP contribution in [0.1, 0.15) is 5.56 Å². The number of hydrogen-bond donors (Lipinski definition) is 2. The van der Waals surface area contributed by atoms with Crippen LogP contribution in [-0.4, -0.2) is 20.5 Å². The average Bonchev–Trinajstić information content (AvgIpc) is 3.14. The summed E-state index contributed by atoms with van der Waals surface area (Å²) in [5.74, 6) is -4.33. The second-order valence-electron chi connectivity index (χ2n) is 5.99. The van der Waals surface area contributed by atoms with Crippen molar-refractivity contribution in [3.05, 3.63) is 65.6 Å². The highest BCUT2D eigenvalue weighted by Gasteiger charge is 2.35. The monoisotopic (exact) mass is 450 g/mol. The Balaban J connectivity index is 1.94. The van der Waals surface area contributed by atoms with Gasteiger partial charge in [0.15, 0.2) is 11.6 Å². The molecule has 0 unspecified atom stereocenters. The summed E-state index contributed by atoms with van der Waals surface area (Å²) in [7, 11) is -3.29. The minimum Gasteiger partial charge on any atom is -0.494 e. The van der Waals surface area contributed by atoms with E-state index < -0.39 is 49.8 Å². The third-order valence-corrected chi connectivity index (χ3v) is 5.39. The van der Waals surface area contributed by atoms with Crippen molar-refractivity contribution in [3.8, 4) is 17.0 Å². The molecule has 0 amide bonds. The van der Waals surface area contributed by atoms with Gasteiger partial charge in [0.1, 0.15) is 16.5 Å². The number of benzene rings is 2. The molecule has 30 heavy (non-hydrogen) atoms. The van der Waals surface area contributed by atoms with Gasteiger partial charge >= 0.3 is 6.18 Å². The van der Waals surface area contributed by atoms with Crippen molar-refractivity contribution < 1.29 is 39.5 Å². The van der Waals surface area contributed by atoms with Crippen LogP contribution in [-0.2, 0) is 16.2 Å². The molecule has 2 aromatic carbocycles. The van der Waals surface area contributed by atoms with Gasteiger partial charge in [-0.3, -0.25) is 4.72 Å². The quantitative estimate of drug-likeness (QED) is 0.542. The van der Waals surface area contributed by atoms with E-state index >= 15 is 0 Å². The maximum Gasteiger partial charge on any atom is 0.419 e. The summed E-state index contributed by atoms with van der Waals surface area (Å²) in [5.41, 5.74) is -2.88. The number of aromatic amines is 1. The molecule has 0 radical (unpaired) electrons. The van der Waals surface area contributed by atoms with Crippen molar-refractivity contribution in [1.29, 1.82) is 0 Å². The molecule has 0 bridgehead atoms. The highest BCUT2D eigenvalue weighted by atomic mass is 32.2. The molecular formula is C18H12F6N2O3S. The number of alkyl halides is 3. The first-order valence-electron chi connectivity index (χ1n) is 8.04. The minimum absolute atomic E-state index is 0.0254. The molecule has 0 fully saturated rings. The molecule has 0 atom stereocenters. The lowest BCUT2D eigenvalue weighted by atomic mass is 10.1. The van der Waals surface area contributed by atoms with Crippen LogP contribution in [0.25, 0.3) is 11.3 Å². The summed E-state index contributed by atoms with van der Waals surface area (Å²) < 4.78 is 111. The highest BCUT2D eigenvalue weighted by molar-refractivity contribution is 7.92. The fourth-order valence-electron chi connectivity index (χ4n) is 2.61. The number of halogens is 6. The van der Waals surface area contributed by atoms with Gasteiger partial charge in [-0.15, -0.1) is 0 Å². The Morgan fingerprint density at radius 3 is 2.37 bits per heavy atom. The molecule has 0 saturated carbocycles. The summed E-state index contributed by atoms with van der Waals surface area (Å²) in [5, 5.41) is 0. The number of ether oxygens (including phenoxy) is 1. The number of aromatic nitrogens is 1. The molecule has 3 rings (SSSR count). The molecular weight excluding hydrogens is 438 g/mol. The number of nitrogens with one attached hydrogen (secondary N) is 2. The van der Waals surface area contributed by atoms with Gasteiger partial charge in [0, 0.05) is 23.5 Å². The Bertz CT molecular complexity index is 1210. The number of sulfonamides is 1. The average molecular weight is 450 g/mol. The smallest absolute Gasteiger partial charge is 0.419 e. The van der Waals surface area contributed by atoms with Crippen LogP contribution < -0.4 is 9.46 Å². The lowest BCUT2D eigenvalue weighted by Gasteiger charge is -2.12. The normalized spacial score (nSPS) is 12.1. The Kier molecular flexibility index (Phi) is 5.46. The molecule has 5 nitrogen and oxygen atoms in total. The topological polar surface area (TPSA) is 71.2 Å². The molecule has 2 N–H and O–H groups in total. The zero-order valence-corrected chi connectivity index (χ0v) is 15.8. The van der Waals surface area contributed by atoms with Gasteiger partial charge in [0.05, 0.1) is 18.4 Å². The number of hydrogen-bond acceptors (Lipinski definition) is 3. The summed E-state index contributed by atoms with van der Waals surface area (Å²) in [4.78, 5) is 2.04. The van der Waals surface area contributed by atoms with Crippen molar-refractivity contribution in [2.45, 2.75) is 11.1 Å². The number of anilines is 1. The Hall–Kier alpha value is -3.15. The van der Waals surface area contributed by atoms with E-state index in [1.54, 1.807) is 4.72 Å². The van der Waals surface area contributed by atoms with E-state index in [9.17, 15) is 34.8 Å². The summed E-state index contributed by atoms with van der Waals surface area (Å²) in [6.45, 7) is 0. The van der Waals surface area contributed by atoms with Crippen molar-refractivity contribution in [2.75, 3.05) is 11.8 Å². The molecule has 160 valence electrons. The third kappa shape index (κ3) is 4.08. The molecule has 0 aliphatic carbocycles. The minimum atomic E-state index is -5.15. The predicted molar refractivity (Wildman–Crippen MR) is 94.9 cm³/mol. The van der Waals surface area contributed by atoms with E-state index in [2.05, 4.69) is 4.98 Å². The lowest BCUT2D eigenvalue weighted by molar-refractivity contribution is -0.140. The SMILES string of the molecule is COc1cccc(-c2cc(S(=O)(=O)Nc3cc(F)c(C(F)(F)F)cc3F)c[nH]2)c1F. The van der Waals surface area contributed by atoms with Gasteiger partial charge in [-0.25, -0.2) is 21.6 Å². The Labute approximate surface area is 166 Å². The first-order valence-corrected chi connectivity index (χ1v) is 9.52. The number of methoxy groups -OCH3 is 1. The van der Waals surface area contributed by atoms with Crippen LogP contribution in [0.4, 0.5) is 32.0 Å². The van der Waals surface area contributed by atoms with Crippen LogP contribution in [0.5, 0.6) is 5.75 Å². The van der Waals surface area contributed by atoms with Crippen molar-refractivity contribution in [3.63, 3.8) is 0 Å². The molecule has 0 aliphatic rings. The maximum atomic E-state index is 14.3. The van der Waals surface area contributed by atoms with Gasteiger partial charge in [-0.05, 0) is 24.3 Å². The van der Waals surface area contributed by atoms with Gasteiger partial charge in [-0.2, -0.15) is 13.2 Å². The predicted octanol–water partition coefficient (Wildman–Crippen LogP) is 4.93. The van der Waals surface area contributed by atoms with Crippen LogP contribution >= 0.6 is 0 Å². The first-order chi connectivity index (χ1) is 13.9. The molecule has 12 heteroatoms.